The Morgan fingerprint density at radius 2 is 1.79 bits per heavy atom. The number of rotatable bonds is 5. The van der Waals surface area contributed by atoms with Crippen molar-refractivity contribution in [3.05, 3.63) is 59.8 Å². The van der Waals surface area contributed by atoms with Crippen LogP contribution < -0.4 is 16.8 Å². The fourth-order valence-electron chi connectivity index (χ4n) is 3.25. The first-order valence-corrected chi connectivity index (χ1v) is 9.81. The Balaban J connectivity index is 0.000000509. The number of amides is 4. The molecule has 13 heteroatoms. The van der Waals surface area contributed by atoms with E-state index in [1.807, 2.05) is 30.3 Å². The Labute approximate surface area is 191 Å². The molecular formula is C21H22F3N5O5. The highest BCUT2D eigenvalue weighted by Gasteiger charge is 2.53. The number of likely N-dealkylation sites (tertiary alicyclic amines) is 1. The summed E-state index contributed by atoms with van der Waals surface area (Å²) in [4.78, 5) is 50.6. The lowest BCUT2D eigenvalue weighted by Gasteiger charge is -2.44. The second-order valence-electron chi connectivity index (χ2n) is 7.34. The van der Waals surface area contributed by atoms with Crippen molar-refractivity contribution in [3.63, 3.8) is 0 Å². The quantitative estimate of drug-likeness (QED) is 0.470. The predicted molar refractivity (Wildman–Crippen MR) is 113 cm³/mol. The number of hydrogen-bond acceptors (Lipinski definition) is 6. The van der Waals surface area contributed by atoms with Crippen LogP contribution in [-0.4, -0.2) is 51.0 Å². The number of nitrogens with one attached hydrogen (secondary N) is 1. The van der Waals surface area contributed by atoms with Crippen molar-refractivity contribution in [2.24, 2.45) is 11.7 Å². The van der Waals surface area contributed by atoms with E-state index in [0.717, 1.165) is 16.0 Å². The van der Waals surface area contributed by atoms with E-state index < -0.39 is 42.0 Å². The van der Waals surface area contributed by atoms with Gasteiger partial charge < -0.3 is 21.9 Å². The largest absolute Gasteiger partial charge is 0.490 e. The van der Waals surface area contributed by atoms with E-state index in [0.29, 0.717) is 5.82 Å². The number of halogens is 3. The van der Waals surface area contributed by atoms with Gasteiger partial charge in [-0.3, -0.25) is 14.5 Å². The van der Waals surface area contributed by atoms with Crippen LogP contribution in [-0.2, 0) is 20.8 Å². The number of β-lactam (4-membered cyclic amide) rings is 1. The molecule has 3 atom stereocenters. The lowest BCUT2D eigenvalue weighted by atomic mass is 9.82. The standard InChI is InChI=1S/C19H21N5O3.C2HF3O2/c1-11(13-5-3-2-4-6-13)23-19(27)24-16(17(21)25)14(18(24)26)9-12-7-8-22-15(20)10-12;3-2(4,5)1(6)7/h2-8,10-11,14,16H,9H2,1H3,(H2,20,22)(H2,21,25)(H,23,27);(H,6,7)/t11-,14-,16+;/m1./s1. The van der Waals surface area contributed by atoms with E-state index in [9.17, 15) is 27.6 Å². The van der Waals surface area contributed by atoms with Gasteiger partial charge in [0.2, 0.25) is 11.8 Å². The lowest BCUT2D eigenvalue weighted by Crippen LogP contribution is -2.69. The first kappa shape index (κ1) is 26.1. The molecule has 2 aromatic rings. The molecule has 182 valence electrons. The van der Waals surface area contributed by atoms with E-state index in [2.05, 4.69) is 10.3 Å². The number of nitrogens with zero attached hydrogens (tertiary/aromatic N) is 2. The van der Waals surface area contributed by atoms with Crippen LogP contribution in [0.5, 0.6) is 0 Å². The van der Waals surface area contributed by atoms with E-state index in [-0.39, 0.29) is 12.5 Å². The third-order valence-corrected chi connectivity index (χ3v) is 4.91. The summed E-state index contributed by atoms with van der Waals surface area (Å²) in [7, 11) is 0. The highest BCUT2D eigenvalue weighted by atomic mass is 19.4. The number of carbonyl (C=O) groups excluding carboxylic acids is 3. The van der Waals surface area contributed by atoms with Gasteiger partial charge in [-0.1, -0.05) is 30.3 Å². The van der Waals surface area contributed by atoms with Crippen LogP contribution in [0.15, 0.2) is 48.7 Å². The number of alkyl halides is 3. The van der Waals surface area contributed by atoms with Crippen LogP contribution in [0.4, 0.5) is 23.8 Å². The first-order chi connectivity index (χ1) is 15.8. The van der Waals surface area contributed by atoms with Crippen LogP contribution in [0, 0.1) is 5.92 Å². The topological polar surface area (TPSA) is 169 Å². The smallest absolute Gasteiger partial charge is 0.475 e. The van der Waals surface area contributed by atoms with Crippen molar-refractivity contribution in [2.45, 2.75) is 31.6 Å². The van der Waals surface area contributed by atoms with Crippen molar-refractivity contribution >= 4 is 29.6 Å². The highest BCUT2D eigenvalue weighted by Crippen LogP contribution is 2.30. The Morgan fingerprint density at radius 1 is 1.21 bits per heavy atom. The summed E-state index contributed by atoms with van der Waals surface area (Å²) in [6, 6.07) is 10.7. The zero-order valence-corrected chi connectivity index (χ0v) is 17.8. The summed E-state index contributed by atoms with van der Waals surface area (Å²) in [6.07, 6.45) is -3.30. The molecule has 1 aromatic carbocycles. The van der Waals surface area contributed by atoms with Crippen molar-refractivity contribution in [1.29, 1.82) is 0 Å². The number of aliphatic carboxylic acids is 1. The van der Waals surface area contributed by atoms with Gasteiger partial charge in [-0.2, -0.15) is 13.2 Å². The number of carbonyl (C=O) groups is 4. The average molecular weight is 481 g/mol. The van der Waals surface area contributed by atoms with E-state index in [4.69, 9.17) is 21.4 Å². The van der Waals surface area contributed by atoms with Gasteiger partial charge in [-0.25, -0.2) is 14.6 Å². The molecule has 0 saturated carbocycles. The zero-order chi connectivity index (χ0) is 25.6. The molecule has 34 heavy (non-hydrogen) atoms. The van der Waals surface area contributed by atoms with Gasteiger partial charge in [0, 0.05) is 6.20 Å². The summed E-state index contributed by atoms with van der Waals surface area (Å²) < 4.78 is 31.7. The molecule has 10 nitrogen and oxygen atoms in total. The highest BCUT2D eigenvalue weighted by molar-refractivity contribution is 6.08. The lowest BCUT2D eigenvalue weighted by molar-refractivity contribution is -0.192. The fraction of sp³-hybridized carbons (Fsp3) is 0.286. The maximum Gasteiger partial charge on any atom is 0.490 e. The Morgan fingerprint density at radius 3 is 2.29 bits per heavy atom. The second kappa shape index (κ2) is 10.6. The van der Waals surface area contributed by atoms with Gasteiger partial charge in [-0.15, -0.1) is 0 Å². The fourth-order valence-corrected chi connectivity index (χ4v) is 3.25. The molecule has 0 aliphatic carbocycles. The molecule has 0 radical (unpaired) electrons. The van der Waals surface area contributed by atoms with Crippen LogP contribution >= 0.6 is 0 Å². The van der Waals surface area contributed by atoms with Gasteiger partial charge >= 0.3 is 18.2 Å². The number of aromatic nitrogens is 1. The second-order valence-corrected chi connectivity index (χ2v) is 7.34. The van der Waals surface area contributed by atoms with Gasteiger partial charge in [-0.05, 0) is 36.6 Å². The van der Waals surface area contributed by atoms with Crippen molar-refractivity contribution in [3.8, 4) is 0 Å². The molecular weight excluding hydrogens is 459 g/mol. The minimum Gasteiger partial charge on any atom is -0.475 e. The van der Waals surface area contributed by atoms with E-state index in [1.54, 1.807) is 19.1 Å². The third kappa shape index (κ3) is 6.43. The summed E-state index contributed by atoms with van der Waals surface area (Å²) in [5.74, 6) is -4.29. The number of nitrogens with two attached hydrogens (primary N) is 2. The molecule has 3 rings (SSSR count). The maximum atomic E-state index is 12.5. The molecule has 1 aliphatic heterocycles. The molecule has 1 fully saturated rings. The maximum absolute atomic E-state index is 12.5. The van der Waals surface area contributed by atoms with E-state index in [1.165, 1.54) is 6.20 Å². The van der Waals surface area contributed by atoms with Crippen molar-refractivity contribution in [2.75, 3.05) is 5.73 Å². The molecule has 2 heterocycles. The summed E-state index contributed by atoms with van der Waals surface area (Å²) in [6.45, 7) is 1.80. The first-order valence-electron chi connectivity index (χ1n) is 9.81. The number of carboxylic acid groups (broad SMARTS) is 1. The minimum atomic E-state index is -5.08. The van der Waals surface area contributed by atoms with Crippen LogP contribution in [0.25, 0.3) is 0 Å². The number of primary amides is 1. The van der Waals surface area contributed by atoms with Crippen LogP contribution in [0.2, 0.25) is 0 Å². The molecule has 0 unspecified atom stereocenters. The molecule has 6 N–H and O–H groups in total. The van der Waals surface area contributed by atoms with Gasteiger partial charge in [0.25, 0.3) is 0 Å². The summed E-state index contributed by atoms with van der Waals surface area (Å²) >= 11 is 0. The van der Waals surface area contributed by atoms with Crippen LogP contribution in [0.1, 0.15) is 24.1 Å². The Bertz CT molecular complexity index is 1060. The normalized spacial score (nSPS) is 18.1. The zero-order valence-electron chi connectivity index (χ0n) is 17.8. The minimum absolute atomic E-state index is 0.261. The average Bonchev–Trinajstić information content (AvgIpc) is 2.75. The van der Waals surface area contributed by atoms with Crippen molar-refractivity contribution < 1.29 is 37.5 Å². The van der Waals surface area contributed by atoms with Crippen molar-refractivity contribution in [1.82, 2.24) is 15.2 Å². The number of carboxylic acids is 1. The number of imide groups is 1. The third-order valence-electron chi connectivity index (χ3n) is 4.91. The number of anilines is 1. The molecule has 4 amide bonds. The van der Waals surface area contributed by atoms with Gasteiger partial charge in [0.15, 0.2) is 0 Å². The molecule has 1 aromatic heterocycles. The summed E-state index contributed by atoms with van der Waals surface area (Å²) in [5.41, 5.74) is 12.7. The molecule has 1 saturated heterocycles. The monoisotopic (exact) mass is 481 g/mol. The predicted octanol–water partition coefficient (Wildman–Crippen LogP) is 1.62. The molecule has 1 aliphatic rings. The number of urea groups is 1. The molecule has 0 spiro atoms. The SMILES string of the molecule is C[C@@H](NC(=O)N1C(=O)[C@H](Cc2ccnc(N)c2)[C@H]1C(N)=O)c1ccccc1.O=C(O)C(F)(F)F. The van der Waals surface area contributed by atoms with Gasteiger partial charge in [0.05, 0.1) is 12.0 Å². The number of pyridine rings is 1. The number of benzene rings is 1. The van der Waals surface area contributed by atoms with E-state index >= 15 is 0 Å². The van der Waals surface area contributed by atoms with Crippen LogP contribution in [0.3, 0.4) is 0 Å². The Kier molecular flexibility index (Phi) is 8.16. The molecule has 0 bridgehead atoms. The number of hydrogen-bond donors (Lipinski definition) is 4. The summed E-state index contributed by atoms with van der Waals surface area (Å²) in [5, 5.41) is 9.86. The Hall–Kier alpha value is -4.16. The van der Waals surface area contributed by atoms with Gasteiger partial charge in [0.1, 0.15) is 11.9 Å². The number of nitrogen functional groups attached to an aromatic ring is 1.